The molecule has 38 heteroatoms. The Labute approximate surface area is 898 Å². The average Bonchev–Trinajstić information content (AvgIpc) is 0.788. The van der Waals surface area contributed by atoms with Gasteiger partial charge in [0.15, 0.2) is 9.84 Å². The number of amides is 3. The molecule has 0 saturated carbocycles. The number of aryl methyl sites for hydroxylation is 2. The van der Waals surface area contributed by atoms with E-state index < -0.39 is 37.0 Å². The summed E-state index contributed by atoms with van der Waals surface area (Å²) < 4.78 is 122. The Morgan fingerprint density at radius 2 is 0.680 bits per heavy atom. The highest BCUT2D eigenvalue weighted by atomic mass is 35.5. The van der Waals surface area contributed by atoms with E-state index in [0.29, 0.717) is 160 Å². The first-order valence-corrected chi connectivity index (χ1v) is 55.8. The van der Waals surface area contributed by atoms with E-state index in [1.54, 1.807) is 56.3 Å². The highest BCUT2D eigenvalue weighted by Crippen LogP contribution is 2.43. The number of carbonyl (C=O) groups excluding carboxylic acids is 4. The summed E-state index contributed by atoms with van der Waals surface area (Å²) in [5.74, 6) is -1.63. The van der Waals surface area contributed by atoms with Crippen molar-refractivity contribution in [3.05, 3.63) is 265 Å². The normalized spacial score (nSPS) is 16.1. The third-order valence-electron chi connectivity index (χ3n) is 25.7. The minimum absolute atomic E-state index is 0.0109. The van der Waals surface area contributed by atoms with E-state index in [0.717, 1.165) is 118 Å². The molecule has 8 aromatic rings. The summed E-state index contributed by atoms with van der Waals surface area (Å²) in [6.07, 6.45) is 0.755. The molecule has 12 rings (SSSR count). The molecule has 806 valence electrons. The summed E-state index contributed by atoms with van der Waals surface area (Å²) in [6, 6.07) is 47.5. The van der Waals surface area contributed by atoms with E-state index in [4.69, 9.17) is 126 Å². The number of hydrogen-bond donors (Lipinski definition) is 6. The molecular formula is C109H146Cl6N10O20S2. The zero-order valence-corrected chi connectivity index (χ0v) is 92.0. The van der Waals surface area contributed by atoms with Gasteiger partial charge in [0.2, 0.25) is 27.6 Å². The first-order valence-electron chi connectivity index (χ1n) is 50.4. The molecule has 4 atom stereocenters. The smallest absolute Gasteiger partial charge is 0.287 e. The van der Waals surface area contributed by atoms with Gasteiger partial charge >= 0.3 is 0 Å². The van der Waals surface area contributed by atoms with Crippen LogP contribution in [0.15, 0.2) is 155 Å². The second-order valence-electron chi connectivity index (χ2n) is 37.8. The largest absolute Gasteiger partial charge is 0.379 e. The van der Waals surface area contributed by atoms with Gasteiger partial charge in [-0.15, -0.1) is 0 Å². The molecule has 4 aliphatic rings. The van der Waals surface area contributed by atoms with E-state index in [2.05, 4.69) is 145 Å². The van der Waals surface area contributed by atoms with Crippen molar-refractivity contribution in [3.8, 4) is 0 Å². The lowest BCUT2D eigenvalue weighted by Gasteiger charge is -2.34. The van der Waals surface area contributed by atoms with Crippen LogP contribution in [0.3, 0.4) is 0 Å². The summed E-state index contributed by atoms with van der Waals surface area (Å²) in [5, 5.41) is 19.1. The van der Waals surface area contributed by atoms with Crippen LogP contribution in [0.1, 0.15) is 146 Å². The van der Waals surface area contributed by atoms with Gasteiger partial charge in [-0.1, -0.05) is 148 Å². The fourth-order valence-corrected chi connectivity index (χ4v) is 22.3. The fourth-order valence-electron chi connectivity index (χ4n) is 18.1. The van der Waals surface area contributed by atoms with Crippen LogP contribution in [0.2, 0.25) is 30.1 Å². The zero-order valence-electron chi connectivity index (χ0n) is 85.8. The van der Waals surface area contributed by atoms with Crippen molar-refractivity contribution in [2.75, 3.05) is 258 Å². The number of likely N-dealkylation sites (N-methyl/N-ethyl adjacent to an activating group) is 4. The van der Waals surface area contributed by atoms with Crippen LogP contribution in [-0.4, -0.2) is 318 Å². The number of carbonyl (C=O) groups is 4. The van der Waals surface area contributed by atoms with Gasteiger partial charge in [-0.05, 0) is 224 Å². The van der Waals surface area contributed by atoms with Gasteiger partial charge < -0.3 is 103 Å². The number of ketones is 1. The molecule has 0 bridgehead atoms. The lowest BCUT2D eigenvalue weighted by atomic mass is 9.83. The van der Waals surface area contributed by atoms with Crippen LogP contribution in [-0.2, 0) is 135 Å². The van der Waals surface area contributed by atoms with Crippen molar-refractivity contribution in [1.82, 2.24) is 50.9 Å². The summed E-state index contributed by atoms with van der Waals surface area (Å²) in [5.41, 5.74) is 17.1. The number of halogens is 6. The van der Waals surface area contributed by atoms with Gasteiger partial charge in [-0.25, -0.2) is 21.6 Å². The number of hydrogen-bond acceptors (Lipinski definition) is 26. The molecule has 0 radical (unpaired) electrons. The van der Waals surface area contributed by atoms with Crippen LogP contribution in [0.5, 0.6) is 0 Å². The van der Waals surface area contributed by atoms with Crippen LogP contribution in [0.4, 0.5) is 0 Å². The third-order valence-corrected chi connectivity index (χ3v) is 30.6. The maximum Gasteiger partial charge on any atom is 0.287 e. The molecule has 0 saturated heterocycles. The van der Waals surface area contributed by atoms with Crippen LogP contribution in [0.25, 0.3) is 0 Å². The molecular weight excluding hydrogens is 2050 g/mol. The molecule has 0 aromatic heterocycles. The Morgan fingerprint density at radius 1 is 0.354 bits per heavy atom. The van der Waals surface area contributed by atoms with Gasteiger partial charge in [0.25, 0.3) is 5.91 Å². The van der Waals surface area contributed by atoms with Crippen LogP contribution >= 0.6 is 69.6 Å². The van der Waals surface area contributed by atoms with Gasteiger partial charge in [-0.2, -0.15) is 0 Å². The van der Waals surface area contributed by atoms with E-state index in [1.807, 2.05) is 51.4 Å². The molecule has 8 aromatic carbocycles. The molecule has 4 aliphatic heterocycles. The first-order chi connectivity index (χ1) is 70.8. The van der Waals surface area contributed by atoms with E-state index in [-0.39, 0.29) is 130 Å². The summed E-state index contributed by atoms with van der Waals surface area (Å²) >= 11 is 38.9. The molecule has 0 aliphatic carbocycles. The summed E-state index contributed by atoms with van der Waals surface area (Å²) in [4.78, 5) is 59.4. The number of fused-ring (bicyclic) bond motifs is 4. The molecule has 30 nitrogen and oxygen atoms in total. The van der Waals surface area contributed by atoms with Crippen molar-refractivity contribution in [1.29, 1.82) is 0 Å². The van der Waals surface area contributed by atoms with Crippen LogP contribution < -0.4 is 31.3 Å². The zero-order chi connectivity index (χ0) is 105. The van der Waals surface area contributed by atoms with E-state index in [1.165, 1.54) is 44.5 Å². The number of sulfonamides is 1. The van der Waals surface area contributed by atoms with E-state index in [9.17, 15) is 36.0 Å². The predicted octanol–water partition coefficient (Wildman–Crippen LogP) is 14.2. The van der Waals surface area contributed by atoms with Crippen molar-refractivity contribution in [3.63, 3.8) is 0 Å². The number of sulfone groups is 1. The molecule has 147 heavy (non-hydrogen) atoms. The molecule has 0 spiro atoms. The first kappa shape index (κ1) is 120. The number of rotatable bonds is 64. The lowest BCUT2D eigenvalue weighted by molar-refractivity contribution is -0.141. The summed E-state index contributed by atoms with van der Waals surface area (Å²) in [6.45, 7) is 26.1. The number of ether oxygens (including phenoxy) is 12. The number of Topliss-reactive ketones (excluding diaryl/α,β-unsaturated/α-hetero) is 1. The molecule has 4 heterocycles. The Morgan fingerprint density at radius 3 is 1.11 bits per heavy atom. The molecule has 4 unspecified atom stereocenters. The second kappa shape index (κ2) is 62.8. The SMILES string of the molecule is Cc1cc(Cl)c2c(c1)C(c1cccc(S(=O)(=O)NCCOCCOCCOCCNC(=O)C(=O)CCCOCCOCCOCCCS(=O)(=O)c3cccc(C4CN(C)Cc5c(Cl)cc(Cl)cc54)c3)c1)CN(C)C2.Cc1cc(Cl)cc2c1CN(C)CC2c1cccc(CNCCOCCOCCOCCNC(=O)C(C)(C)C(=O)NCCOCCOCCOCCNCc2cccc(C3CN(C)Cc4c(Cl)cc(Cl)cc43)c2)c1. The quantitative estimate of drug-likeness (QED) is 0.0117. The fraction of sp³-hybridized carbons (Fsp3) is 0.523. The standard InChI is InChI=1S/C56H77Cl3N6O8.C53H69Cl3N4O12S2/c1-40-28-45(57)31-47-49(40)36-64(4)37-50(47)43-10-6-8-41(29-43)34-60-12-16-68-20-24-72-26-22-70-18-14-62-54(66)56(2,3)55(67)63-15-19-71-23-27-73-25-21-69-17-13-61-35-42-9-7-11-44(30-42)51-38-65(5)39-52-48(51)32-46(58)33-53(52)59;1-38-28-44-46(34-59(2)36-48(44)50(55)29-38)40-9-5-11-43(31-40)74(65,66)58-14-18-70-22-26-72-25-21-69-17-13-57-53(62)52(61)12-6-15-67-19-23-71-24-20-68-16-7-27-73(63,64)42-10-4-8-39(30-42)47-35-60(3)37-49-45(47)32-41(54)33-51(49)56/h6-11,28-33,50-51,60-61H,12-27,34-39H2,1-5H3,(H,62,66)(H,63,67);4-5,8-11,28-33,46-47,58H,6-7,12-27,34-37H2,1-3H3,(H,57,62). The Bertz CT molecular complexity index is 5420. The molecule has 3 amide bonds. The Hall–Kier alpha value is -7.28. The summed E-state index contributed by atoms with van der Waals surface area (Å²) in [7, 11) is 1.03. The third kappa shape index (κ3) is 39.3. The number of benzene rings is 8. The van der Waals surface area contributed by atoms with Crippen molar-refractivity contribution < 1.29 is 92.9 Å². The van der Waals surface area contributed by atoms with Gasteiger partial charge in [0, 0.05) is 178 Å². The van der Waals surface area contributed by atoms with Crippen molar-refractivity contribution in [2.24, 2.45) is 5.41 Å². The monoisotopic (exact) mass is 2190 g/mol. The second-order valence-corrected chi connectivity index (χ2v) is 44.2. The maximum absolute atomic E-state index is 13.2. The lowest BCUT2D eigenvalue weighted by Crippen LogP contribution is -2.49. The predicted molar refractivity (Wildman–Crippen MR) is 576 cm³/mol. The van der Waals surface area contributed by atoms with Gasteiger partial charge in [-0.3, -0.25) is 19.2 Å². The minimum atomic E-state index is -3.77. The number of nitrogens with zero attached hydrogens (tertiary/aromatic N) is 4. The van der Waals surface area contributed by atoms with Crippen molar-refractivity contribution in [2.45, 2.75) is 120 Å². The van der Waals surface area contributed by atoms with Crippen LogP contribution in [0, 0.1) is 19.3 Å². The highest BCUT2D eigenvalue weighted by molar-refractivity contribution is 7.91. The average molecular weight is 2190 g/mol. The maximum atomic E-state index is 13.2. The Balaban J connectivity index is 0.000000279. The van der Waals surface area contributed by atoms with E-state index >= 15 is 0 Å². The van der Waals surface area contributed by atoms with Crippen molar-refractivity contribution >= 4 is 113 Å². The van der Waals surface area contributed by atoms with Gasteiger partial charge in [0.1, 0.15) is 5.41 Å². The van der Waals surface area contributed by atoms with Gasteiger partial charge in [0.05, 0.1) is 161 Å². The minimum Gasteiger partial charge on any atom is -0.379 e. The highest BCUT2D eigenvalue weighted by Gasteiger charge is 2.37. The number of nitrogens with one attached hydrogen (secondary N) is 6. The Kier molecular flexibility index (Phi) is 51.2. The molecule has 0 fully saturated rings. The topological polar surface area (TPSA) is 332 Å². The molecule has 6 N–H and O–H groups in total.